The van der Waals surface area contributed by atoms with Crippen molar-refractivity contribution >= 4 is 17.5 Å². The third-order valence-electron chi connectivity index (χ3n) is 4.08. The van der Waals surface area contributed by atoms with Crippen LogP contribution in [0.2, 0.25) is 0 Å². The Kier molecular flexibility index (Phi) is 5.55. The number of anilines is 1. The zero-order chi connectivity index (χ0) is 16.1. The normalized spacial score (nSPS) is 21.2. The van der Waals surface area contributed by atoms with Crippen molar-refractivity contribution in [3.05, 3.63) is 29.3 Å². The van der Waals surface area contributed by atoms with Crippen LogP contribution in [-0.4, -0.2) is 29.6 Å². The van der Waals surface area contributed by atoms with E-state index < -0.39 is 11.8 Å². The molecule has 120 valence electrons. The van der Waals surface area contributed by atoms with Gasteiger partial charge in [0.25, 0.3) is 0 Å². The van der Waals surface area contributed by atoms with E-state index in [1.54, 1.807) is 0 Å². The summed E-state index contributed by atoms with van der Waals surface area (Å²) in [5.74, 6) is -1.28. The number of aliphatic hydroxyl groups is 1. The van der Waals surface area contributed by atoms with Gasteiger partial charge in [-0.2, -0.15) is 0 Å². The van der Waals surface area contributed by atoms with Crippen LogP contribution in [-0.2, 0) is 9.59 Å². The fourth-order valence-electron chi connectivity index (χ4n) is 2.96. The molecule has 1 fully saturated rings. The van der Waals surface area contributed by atoms with Gasteiger partial charge in [-0.1, -0.05) is 18.9 Å². The maximum Gasteiger partial charge on any atom is 0.313 e. The molecule has 5 nitrogen and oxygen atoms in total. The van der Waals surface area contributed by atoms with Gasteiger partial charge in [0.2, 0.25) is 0 Å². The lowest BCUT2D eigenvalue weighted by Gasteiger charge is -2.27. The van der Waals surface area contributed by atoms with Crippen molar-refractivity contribution in [2.45, 2.75) is 45.6 Å². The number of hydrogen-bond acceptors (Lipinski definition) is 3. The van der Waals surface area contributed by atoms with Crippen LogP contribution in [0.3, 0.4) is 0 Å². The van der Waals surface area contributed by atoms with Crippen LogP contribution in [0.25, 0.3) is 0 Å². The largest absolute Gasteiger partial charge is 0.393 e. The molecule has 1 aliphatic carbocycles. The first-order valence-corrected chi connectivity index (χ1v) is 7.81. The van der Waals surface area contributed by atoms with Gasteiger partial charge >= 0.3 is 11.8 Å². The molecule has 1 aromatic carbocycles. The van der Waals surface area contributed by atoms with Crippen molar-refractivity contribution < 1.29 is 14.7 Å². The van der Waals surface area contributed by atoms with Gasteiger partial charge < -0.3 is 15.7 Å². The van der Waals surface area contributed by atoms with E-state index in [1.165, 1.54) is 0 Å². The third kappa shape index (κ3) is 4.56. The molecule has 0 radical (unpaired) electrons. The lowest BCUT2D eigenvalue weighted by Crippen LogP contribution is -2.41. The van der Waals surface area contributed by atoms with Crippen molar-refractivity contribution in [3.8, 4) is 0 Å². The fraction of sp³-hybridized carbons (Fsp3) is 0.529. The second kappa shape index (κ2) is 7.40. The maximum atomic E-state index is 11.9. The van der Waals surface area contributed by atoms with Crippen LogP contribution >= 0.6 is 0 Å². The topological polar surface area (TPSA) is 78.4 Å². The summed E-state index contributed by atoms with van der Waals surface area (Å²) >= 11 is 0. The first kappa shape index (κ1) is 16.5. The van der Waals surface area contributed by atoms with Gasteiger partial charge in [0.05, 0.1) is 6.10 Å². The molecule has 0 aromatic heterocycles. The van der Waals surface area contributed by atoms with Crippen molar-refractivity contribution in [2.75, 3.05) is 11.9 Å². The van der Waals surface area contributed by atoms with Gasteiger partial charge in [-0.3, -0.25) is 9.59 Å². The molecule has 2 rings (SSSR count). The highest BCUT2D eigenvalue weighted by Gasteiger charge is 2.24. The van der Waals surface area contributed by atoms with Gasteiger partial charge in [-0.25, -0.2) is 0 Å². The Morgan fingerprint density at radius 1 is 1.09 bits per heavy atom. The number of hydrogen-bond donors (Lipinski definition) is 3. The highest BCUT2D eigenvalue weighted by Crippen LogP contribution is 2.23. The molecular weight excluding hydrogens is 280 g/mol. The molecule has 1 aromatic rings. The highest BCUT2D eigenvalue weighted by molar-refractivity contribution is 6.39. The van der Waals surface area contributed by atoms with Gasteiger partial charge in [-0.15, -0.1) is 0 Å². The summed E-state index contributed by atoms with van der Waals surface area (Å²) in [5, 5.41) is 15.1. The highest BCUT2D eigenvalue weighted by atomic mass is 16.3. The minimum atomic E-state index is -0.671. The number of aryl methyl sites for hydroxylation is 2. The number of amides is 2. The predicted molar refractivity (Wildman–Crippen MR) is 85.5 cm³/mol. The minimum Gasteiger partial charge on any atom is -0.393 e. The van der Waals surface area contributed by atoms with Crippen LogP contribution in [0.15, 0.2) is 18.2 Å². The summed E-state index contributed by atoms with van der Waals surface area (Å²) in [5.41, 5.74) is 2.68. The predicted octanol–water partition coefficient (Wildman–Crippen LogP) is 1.91. The van der Waals surface area contributed by atoms with Crippen LogP contribution in [0.4, 0.5) is 5.69 Å². The molecule has 0 saturated heterocycles. The molecular formula is C17H24N2O3. The Balaban J connectivity index is 1.85. The summed E-state index contributed by atoms with van der Waals surface area (Å²) < 4.78 is 0. The molecule has 22 heavy (non-hydrogen) atoms. The van der Waals surface area contributed by atoms with Crippen molar-refractivity contribution in [1.29, 1.82) is 0 Å². The Hall–Kier alpha value is -1.88. The number of benzene rings is 1. The number of carbonyl (C=O) groups is 2. The van der Waals surface area contributed by atoms with Gasteiger partial charge in [0.1, 0.15) is 0 Å². The molecule has 2 atom stereocenters. The van der Waals surface area contributed by atoms with Gasteiger partial charge in [0, 0.05) is 18.2 Å². The molecule has 0 heterocycles. The van der Waals surface area contributed by atoms with Crippen molar-refractivity contribution in [3.63, 3.8) is 0 Å². The van der Waals surface area contributed by atoms with Crippen molar-refractivity contribution in [2.24, 2.45) is 5.92 Å². The molecule has 0 bridgehead atoms. The quantitative estimate of drug-likeness (QED) is 0.746. The van der Waals surface area contributed by atoms with Crippen LogP contribution < -0.4 is 10.6 Å². The van der Waals surface area contributed by atoms with E-state index in [2.05, 4.69) is 10.6 Å². The second-order valence-electron chi connectivity index (χ2n) is 6.15. The first-order valence-electron chi connectivity index (χ1n) is 7.81. The molecule has 5 heteroatoms. The Morgan fingerprint density at radius 2 is 1.73 bits per heavy atom. The summed E-state index contributed by atoms with van der Waals surface area (Å²) in [6, 6.07) is 5.65. The monoisotopic (exact) mass is 304 g/mol. The Labute approximate surface area is 131 Å². The zero-order valence-electron chi connectivity index (χ0n) is 13.2. The van der Waals surface area contributed by atoms with Crippen LogP contribution in [0.5, 0.6) is 0 Å². The molecule has 2 amide bonds. The number of carbonyl (C=O) groups excluding carboxylic acids is 2. The van der Waals surface area contributed by atoms with Crippen LogP contribution in [0.1, 0.15) is 36.8 Å². The molecule has 0 aliphatic heterocycles. The average molecular weight is 304 g/mol. The first-order chi connectivity index (χ1) is 10.5. The summed E-state index contributed by atoms with van der Waals surface area (Å²) in [6.07, 6.45) is 3.37. The van der Waals surface area contributed by atoms with E-state index in [0.717, 1.165) is 36.8 Å². The van der Waals surface area contributed by atoms with Gasteiger partial charge in [0.15, 0.2) is 0 Å². The van der Waals surface area contributed by atoms with E-state index in [1.807, 2.05) is 32.0 Å². The number of aliphatic hydroxyl groups excluding tert-OH is 1. The van der Waals surface area contributed by atoms with Crippen molar-refractivity contribution in [1.82, 2.24) is 5.32 Å². The van der Waals surface area contributed by atoms with Gasteiger partial charge in [-0.05, 0) is 49.9 Å². The van der Waals surface area contributed by atoms with E-state index in [4.69, 9.17) is 0 Å². The smallest absolute Gasteiger partial charge is 0.313 e. The van der Waals surface area contributed by atoms with E-state index in [-0.39, 0.29) is 12.0 Å². The maximum absolute atomic E-state index is 11.9. The SMILES string of the molecule is Cc1cc(C)cc(NC(=O)C(=O)NCC2CCCCC2O)c1. The molecule has 2 unspecified atom stereocenters. The lowest BCUT2D eigenvalue weighted by atomic mass is 9.86. The zero-order valence-corrected chi connectivity index (χ0v) is 13.2. The fourth-order valence-corrected chi connectivity index (χ4v) is 2.96. The van der Waals surface area contributed by atoms with E-state index >= 15 is 0 Å². The second-order valence-corrected chi connectivity index (χ2v) is 6.15. The average Bonchev–Trinajstić information content (AvgIpc) is 2.45. The summed E-state index contributed by atoms with van der Waals surface area (Å²) in [4.78, 5) is 23.8. The number of nitrogens with one attached hydrogen (secondary N) is 2. The molecule has 0 spiro atoms. The molecule has 1 saturated carbocycles. The summed E-state index contributed by atoms with van der Waals surface area (Å²) in [7, 11) is 0. The molecule has 1 aliphatic rings. The Bertz CT molecular complexity index is 537. The lowest BCUT2D eigenvalue weighted by molar-refractivity contribution is -0.136. The third-order valence-corrected chi connectivity index (χ3v) is 4.08. The molecule has 3 N–H and O–H groups in total. The van der Waals surface area contributed by atoms with E-state index in [0.29, 0.717) is 12.2 Å². The minimum absolute atomic E-state index is 0.0479. The number of rotatable bonds is 3. The Morgan fingerprint density at radius 3 is 2.36 bits per heavy atom. The standard InChI is InChI=1S/C17H24N2O3/c1-11-7-12(2)9-14(8-11)19-17(22)16(21)18-10-13-5-3-4-6-15(13)20/h7-9,13,15,20H,3-6,10H2,1-2H3,(H,18,21)(H,19,22). The van der Waals surface area contributed by atoms with E-state index in [9.17, 15) is 14.7 Å². The van der Waals surface area contributed by atoms with Crippen LogP contribution in [0, 0.1) is 19.8 Å². The summed E-state index contributed by atoms with van der Waals surface area (Å²) in [6.45, 7) is 4.22.